The number of sulfonamides is 1. The summed E-state index contributed by atoms with van der Waals surface area (Å²) in [6.07, 6.45) is 6.78. The average molecular weight is 409 g/mol. The third kappa shape index (κ3) is 4.84. The first-order valence-electron chi connectivity index (χ1n) is 9.85. The van der Waals surface area contributed by atoms with Gasteiger partial charge in [-0.15, -0.1) is 0 Å². The van der Waals surface area contributed by atoms with Gasteiger partial charge in [0, 0.05) is 13.1 Å². The van der Waals surface area contributed by atoms with Gasteiger partial charge in [0.15, 0.2) is 6.10 Å². The van der Waals surface area contributed by atoms with Crippen molar-refractivity contribution in [2.75, 3.05) is 23.7 Å². The van der Waals surface area contributed by atoms with Crippen molar-refractivity contribution in [2.45, 2.75) is 51.6 Å². The van der Waals surface area contributed by atoms with Crippen molar-refractivity contribution >= 4 is 27.6 Å². The van der Waals surface area contributed by atoms with E-state index in [9.17, 15) is 18.0 Å². The fraction of sp³-hybridized carbons (Fsp3) is 0.600. The zero-order valence-electron chi connectivity index (χ0n) is 16.4. The molecule has 0 radical (unpaired) electrons. The van der Waals surface area contributed by atoms with E-state index in [1.165, 1.54) is 29.6 Å². The topological polar surface area (TPSA) is 92.8 Å². The molecule has 1 amide bonds. The summed E-state index contributed by atoms with van der Waals surface area (Å²) in [6.45, 7) is 2.56. The number of carbonyl (C=O) groups excluding carboxylic acids is 2. The number of esters is 1. The summed E-state index contributed by atoms with van der Waals surface area (Å²) in [4.78, 5) is 24.6. The Kier molecular flexibility index (Phi) is 6.27. The lowest BCUT2D eigenvalue weighted by Gasteiger charge is -2.22. The molecule has 1 saturated carbocycles. The van der Waals surface area contributed by atoms with Gasteiger partial charge < -0.3 is 10.1 Å². The van der Waals surface area contributed by atoms with Crippen molar-refractivity contribution in [3.05, 3.63) is 29.3 Å². The predicted molar refractivity (Wildman–Crippen MR) is 107 cm³/mol. The van der Waals surface area contributed by atoms with Gasteiger partial charge in [0.1, 0.15) is 0 Å². The highest BCUT2D eigenvalue weighted by atomic mass is 32.2. The van der Waals surface area contributed by atoms with Crippen LogP contribution in [0, 0.1) is 5.92 Å². The van der Waals surface area contributed by atoms with Crippen LogP contribution in [0.25, 0.3) is 0 Å². The Balaban J connectivity index is 1.56. The third-order valence-electron chi connectivity index (χ3n) is 5.51. The number of anilines is 1. The molecule has 1 atom stereocenters. The molecular formula is C20H28N2O5S. The molecule has 1 aliphatic heterocycles. The van der Waals surface area contributed by atoms with Gasteiger partial charge in [0.05, 0.1) is 17.5 Å². The summed E-state index contributed by atoms with van der Waals surface area (Å²) in [6, 6.07) is 4.81. The molecule has 1 aliphatic carbocycles. The molecule has 1 aromatic carbocycles. The Hall–Kier alpha value is -2.09. The number of hydrogen-bond acceptors (Lipinski definition) is 5. The van der Waals surface area contributed by atoms with Crippen molar-refractivity contribution in [1.29, 1.82) is 0 Å². The number of benzene rings is 1. The van der Waals surface area contributed by atoms with Gasteiger partial charge in [0.2, 0.25) is 10.0 Å². The second kappa shape index (κ2) is 8.51. The van der Waals surface area contributed by atoms with E-state index in [1.54, 1.807) is 19.1 Å². The lowest BCUT2D eigenvalue weighted by molar-refractivity contribution is -0.129. The number of nitrogens with zero attached hydrogens (tertiary/aromatic N) is 1. The molecule has 1 aromatic rings. The number of hydrogen-bond donors (Lipinski definition) is 1. The maximum absolute atomic E-state index is 12.4. The molecule has 8 heteroatoms. The minimum atomic E-state index is -3.33. The van der Waals surface area contributed by atoms with Gasteiger partial charge >= 0.3 is 5.97 Å². The Morgan fingerprint density at radius 2 is 1.96 bits per heavy atom. The van der Waals surface area contributed by atoms with E-state index in [-0.39, 0.29) is 5.91 Å². The molecule has 0 aromatic heterocycles. The molecule has 1 N–H and O–H groups in total. The lowest BCUT2D eigenvalue weighted by Crippen LogP contribution is -2.38. The second-order valence-electron chi connectivity index (χ2n) is 7.73. The smallest absolute Gasteiger partial charge is 0.338 e. The average Bonchev–Trinajstić information content (AvgIpc) is 3.10. The molecule has 0 spiro atoms. The van der Waals surface area contributed by atoms with E-state index in [1.807, 2.05) is 0 Å². The van der Waals surface area contributed by atoms with Crippen LogP contribution in [0.3, 0.4) is 0 Å². The van der Waals surface area contributed by atoms with Gasteiger partial charge in [-0.2, -0.15) is 0 Å². The van der Waals surface area contributed by atoms with Crippen LogP contribution in [0.4, 0.5) is 5.69 Å². The van der Waals surface area contributed by atoms with E-state index < -0.39 is 22.1 Å². The maximum atomic E-state index is 12.4. The minimum absolute atomic E-state index is 0.289. The lowest BCUT2D eigenvalue weighted by atomic mass is 9.89. The quantitative estimate of drug-likeness (QED) is 0.729. The van der Waals surface area contributed by atoms with Crippen molar-refractivity contribution in [1.82, 2.24) is 5.32 Å². The largest absolute Gasteiger partial charge is 0.449 e. The first kappa shape index (κ1) is 20.6. The van der Waals surface area contributed by atoms with Crippen LogP contribution >= 0.6 is 0 Å². The van der Waals surface area contributed by atoms with Gasteiger partial charge in [0.25, 0.3) is 5.91 Å². The second-order valence-corrected chi connectivity index (χ2v) is 9.63. The molecule has 2 aliphatic rings. The fourth-order valence-corrected chi connectivity index (χ4v) is 4.86. The van der Waals surface area contributed by atoms with Gasteiger partial charge in [-0.25, -0.2) is 13.2 Å². The first-order valence-corrected chi connectivity index (χ1v) is 11.7. The summed E-state index contributed by atoms with van der Waals surface area (Å²) in [5, 5.41) is 2.88. The Bertz CT molecular complexity index is 846. The number of rotatable bonds is 6. The SMILES string of the molecule is C[C@H](OC(=O)c1ccc2c(c1)CCN2S(C)(=O)=O)C(=O)NCC1CCCCC1. The van der Waals surface area contributed by atoms with E-state index >= 15 is 0 Å². The highest BCUT2D eigenvalue weighted by Crippen LogP contribution is 2.31. The van der Waals surface area contributed by atoms with Crippen LogP contribution in [0.5, 0.6) is 0 Å². The van der Waals surface area contributed by atoms with E-state index in [4.69, 9.17) is 4.74 Å². The molecular weight excluding hydrogens is 380 g/mol. The Morgan fingerprint density at radius 1 is 1.25 bits per heavy atom. The van der Waals surface area contributed by atoms with Crippen LogP contribution in [-0.4, -0.2) is 45.7 Å². The highest BCUT2D eigenvalue weighted by molar-refractivity contribution is 7.92. The monoisotopic (exact) mass is 408 g/mol. The number of ether oxygens (including phenoxy) is 1. The Morgan fingerprint density at radius 3 is 2.64 bits per heavy atom. The molecule has 28 heavy (non-hydrogen) atoms. The van der Waals surface area contributed by atoms with Gasteiger partial charge in [-0.3, -0.25) is 9.10 Å². The van der Waals surface area contributed by atoms with Gasteiger partial charge in [-0.05, 0) is 55.9 Å². The maximum Gasteiger partial charge on any atom is 0.338 e. The Labute approximate surface area is 166 Å². The third-order valence-corrected chi connectivity index (χ3v) is 6.69. The summed E-state index contributed by atoms with van der Waals surface area (Å²) in [5.74, 6) is -0.362. The molecule has 0 unspecified atom stereocenters. The molecule has 154 valence electrons. The van der Waals surface area contributed by atoms with Crippen molar-refractivity contribution in [3.8, 4) is 0 Å². The van der Waals surface area contributed by atoms with E-state index in [2.05, 4.69) is 5.32 Å². The predicted octanol–water partition coefficient (Wildman–Crippen LogP) is 2.25. The van der Waals surface area contributed by atoms with Crippen molar-refractivity contribution in [2.24, 2.45) is 5.92 Å². The first-order chi connectivity index (χ1) is 13.3. The fourth-order valence-electron chi connectivity index (χ4n) is 3.90. The van der Waals surface area contributed by atoms with Crippen LogP contribution in [0.15, 0.2) is 18.2 Å². The normalized spacial score (nSPS) is 18.4. The number of carbonyl (C=O) groups is 2. The summed E-state index contributed by atoms with van der Waals surface area (Å²) in [7, 11) is -3.33. The molecule has 1 fully saturated rings. The summed E-state index contributed by atoms with van der Waals surface area (Å²) in [5.41, 5.74) is 1.70. The number of amides is 1. The minimum Gasteiger partial charge on any atom is -0.449 e. The number of nitrogens with one attached hydrogen (secondary N) is 1. The summed E-state index contributed by atoms with van der Waals surface area (Å²) >= 11 is 0. The molecule has 3 rings (SSSR count). The number of fused-ring (bicyclic) bond motifs is 1. The molecule has 7 nitrogen and oxygen atoms in total. The standard InChI is InChI=1S/C20H28N2O5S/c1-14(19(23)21-13-15-6-4-3-5-7-15)27-20(24)17-8-9-18-16(12-17)10-11-22(18)28(2,25)26/h8-9,12,14-15H,3-7,10-11,13H2,1-2H3,(H,21,23)/t14-/m0/s1. The van der Waals surface area contributed by atoms with Gasteiger partial charge in [-0.1, -0.05) is 19.3 Å². The highest BCUT2D eigenvalue weighted by Gasteiger charge is 2.27. The zero-order chi connectivity index (χ0) is 20.3. The van der Waals surface area contributed by atoms with Crippen LogP contribution in [0.2, 0.25) is 0 Å². The summed E-state index contributed by atoms with van der Waals surface area (Å²) < 4.78 is 30.2. The van der Waals surface area contributed by atoms with E-state index in [0.717, 1.165) is 24.7 Å². The van der Waals surface area contributed by atoms with Crippen molar-refractivity contribution in [3.63, 3.8) is 0 Å². The molecule has 1 heterocycles. The zero-order valence-corrected chi connectivity index (χ0v) is 17.3. The van der Waals surface area contributed by atoms with E-state index in [0.29, 0.717) is 36.7 Å². The van der Waals surface area contributed by atoms with Crippen LogP contribution in [-0.2, 0) is 26.0 Å². The molecule has 0 bridgehead atoms. The van der Waals surface area contributed by atoms with Crippen LogP contribution in [0.1, 0.15) is 54.9 Å². The van der Waals surface area contributed by atoms with Crippen molar-refractivity contribution < 1.29 is 22.7 Å². The van der Waals surface area contributed by atoms with Crippen LogP contribution < -0.4 is 9.62 Å². The molecule has 0 saturated heterocycles.